The fourth-order valence-electron chi connectivity index (χ4n) is 2.16. The lowest BCUT2D eigenvalue weighted by molar-refractivity contribution is 0.0896. The third-order valence-corrected chi connectivity index (χ3v) is 6.22. The van der Waals surface area contributed by atoms with E-state index in [1.165, 1.54) is 12.1 Å². The van der Waals surface area contributed by atoms with E-state index >= 15 is 0 Å². The summed E-state index contributed by atoms with van der Waals surface area (Å²) in [4.78, 5) is 11.9. The van der Waals surface area contributed by atoms with E-state index in [4.69, 9.17) is 22.3 Å². The first kappa shape index (κ1) is 16.1. The molecule has 0 atom stereocenters. The van der Waals surface area contributed by atoms with Crippen molar-refractivity contribution in [3.63, 3.8) is 0 Å². The molecule has 110 valence electrons. The molecule has 0 spiro atoms. The maximum absolute atomic E-state index is 12.1. The Hall–Kier alpha value is -0.300. The highest BCUT2D eigenvalue weighted by molar-refractivity contribution is 9.10. The molecule has 1 aliphatic carbocycles. The molecule has 8 heteroatoms. The van der Waals surface area contributed by atoms with Crippen molar-refractivity contribution in [3.05, 3.63) is 27.2 Å². The second-order valence-corrected chi connectivity index (χ2v) is 8.69. The summed E-state index contributed by atoms with van der Waals surface area (Å²) in [6, 6.07) is 2.76. The normalized spacial score (nSPS) is 22.2. The molecule has 0 unspecified atom stereocenters. The number of hydrogen-bond donors (Lipinski definition) is 1. The van der Waals surface area contributed by atoms with Gasteiger partial charge in [-0.2, -0.15) is 0 Å². The van der Waals surface area contributed by atoms with Gasteiger partial charge in [-0.05, 0) is 46.8 Å². The molecular weight excluding hydrogens is 389 g/mol. The predicted octanol–water partition coefficient (Wildman–Crippen LogP) is 3.56. The van der Waals surface area contributed by atoms with Crippen LogP contribution in [-0.4, -0.2) is 20.4 Å². The number of hydrogen-bond acceptors (Lipinski definition) is 3. The van der Waals surface area contributed by atoms with Crippen molar-refractivity contribution < 1.29 is 13.2 Å². The van der Waals surface area contributed by atoms with E-state index in [2.05, 4.69) is 28.2 Å². The van der Waals surface area contributed by atoms with Gasteiger partial charge in [-0.3, -0.25) is 4.79 Å². The summed E-state index contributed by atoms with van der Waals surface area (Å²) in [7, 11) is 1.35. The largest absolute Gasteiger partial charge is 0.349 e. The third kappa shape index (κ3) is 3.47. The Labute approximate surface area is 135 Å². The fourth-order valence-corrected chi connectivity index (χ4v) is 4.54. The number of amides is 1. The smallest absolute Gasteiger partial charge is 0.262 e. The Kier molecular flexibility index (Phi) is 4.69. The highest BCUT2D eigenvalue weighted by Gasteiger charge is 2.28. The van der Waals surface area contributed by atoms with E-state index in [0.717, 1.165) is 12.8 Å². The van der Waals surface area contributed by atoms with E-state index in [1.54, 1.807) is 0 Å². The molecule has 1 aromatic rings. The zero-order valence-electron chi connectivity index (χ0n) is 10.5. The zero-order chi connectivity index (χ0) is 15.1. The lowest BCUT2D eigenvalue weighted by Crippen LogP contribution is -2.43. The van der Waals surface area contributed by atoms with Crippen molar-refractivity contribution in [2.45, 2.75) is 30.7 Å². The van der Waals surface area contributed by atoms with Crippen LogP contribution in [0.5, 0.6) is 0 Å². The first-order valence-corrected chi connectivity index (χ1v) is 9.41. The van der Waals surface area contributed by atoms with E-state index in [9.17, 15) is 13.2 Å². The topological polar surface area (TPSA) is 63.2 Å². The van der Waals surface area contributed by atoms with Crippen molar-refractivity contribution in [3.8, 4) is 0 Å². The molecule has 0 saturated heterocycles. The van der Waals surface area contributed by atoms with Gasteiger partial charge in [-0.15, -0.1) is 0 Å². The van der Waals surface area contributed by atoms with Gasteiger partial charge in [0.15, 0.2) is 0 Å². The fraction of sp³-hybridized carbons (Fsp3) is 0.417. The lowest BCUT2D eigenvalue weighted by atomic mass is 9.82. The van der Waals surface area contributed by atoms with Gasteiger partial charge >= 0.3 is 0 Å². The summed E-state index contributed by atoms with van der Waals surface area (Å²) in [5.41, 5.74) is 0.178. The van der Waals surface area contributed by atoms with Crippen molar-refractivity contribution in [2.24, 2.45) is 5.92 Å². The van der Waals surface area contributed by atoms with E-state index in [1.807, 2.05) is 0 Å². The monoisotopic (exact) mass is 399 g/mol. The van der Waals surface area contributed by atoms with Gasteiger partial charge < -0.3 is 5.32 Å². The quantitative estimate of drug-likeness (QED) is 0.789. The minimum atomic E-state index is -3.98. The first-order valence-electron chi connectivity index (χ1n) is 5.93. The number of carbonyl (C=O) groups excluding carboxylic acids is 1. The summed E-state index contributed by atoms with van der Waals surface area (Å²) in [6.07, 6.45) is 1.85. The molecular formula is C12H12BrCl2NO3S. The Morgan fingerprint density at radius 1 is 1.40 bits per heavy atom. The summed E-state index contributed by atoms with van der Waals surface area (Å²) in [6.45, 7) is 2.11. The summed E-state index contributed by atoms with van der Waals surface area (Å²) >= 11 is 8.98. The average Bonchev–Trinajstić information content (AvgIpc) is 2.28. The van der Waals surface area contributed by atoms with E-state index < -0.39 is 9.05 Å². The van der Waals surface area contributed by atoms with Crippen molar-refractivity contribution in [2.75, 3.05) is 0 Å². The lowest BCUT2D eigenvalue weighted by Gasteiger charge is -2.33. The van der Waals surface area contributed by atoms with Crippen molar-refractivity contribution in [1.82, 2.24) is 5.32 Å². The van der Waals surface area contributed by atoms with Gasteiger partial charge in [0.2, 0.25) is 0 Å². The standard InChI is InChI=1S/C12H12BrCl2NO3S/c1-6-2-8(3-6)16-12(17)7-4-9(14)11(13)10(5-7)20(15,18)19/h4-6,8H,2-3H2,1H3,(H,16,17). The summed E-state index contributed by atoms with van der Waals surface area (Å²) < 4.78 is 23.1. The molecule has 1 aliphatic rings. The van der Waals surface area contributed by atoms with Gasteiger partial charge in [0.25, 0.3) is 15.0 Å². The zero-order valence-corrected chi connectivity index (χ0v) is 14.4. The molecule has 0 aliphatic heterocycles. The van der Waals surface area contributed by atoms with Gasteiger partial charge in [0.1, 0.15) is 0 Å². The van der Waals surface area contributed by atoms with Gasteiger partial charge in [-0.1, -0.05) is 18.5 Å². The molecule has 2 rings (SSSR count). The maximum Gasteiger partial charge on any atom is 0.262 e. The second kappa shape index (κ2) is 5.83. The molecule has 1 fully saturated rings. The molecule has 1 aromatic carbocycles. The Morgan fingerprint density at radius 2 is 2.00 bits per heavy atom. The van der Waals surface area contributed by atoms with Crippen LogP contribution in [-0.2, 0) is 9.05 Å². The minimum Gasteiger partial charge on any atom is -0.349 e. The van der Waals surface area contributed by atoms with Gasteiger partial charge in [-0.25, -0.2) is 8.42 Å². The average molecular weight is 401 g/mol. The molecule has 1 saturated carbocycles. The van der Waals surface area contributed by atoms with Crippen LogP contribution in [0.3, 0.4) is 0 Å². The SMILES string of the molecule is CC1CC(NC(=O)c2cc(Cl)c(Br)c(S(=O)(=O)Cl)c2)C1. The molecule has 4 nitrogen and oxygen atoms in total. The number of carbonyl (C=O) groups is 1. The second-order valence-electron chi connectivity index (χ2n) is 4.95. The predicted molar refractivity (Wildman–Crippen MR) is 81.8 cm³/mol. The van der Waals surface area contributed by atoms with Gasteiger partial charge in [0, 0.05) is 22.3 Å². The molecule has 1 amide bonds. The molecule has 0 bridgehead atoms. The third-order valence-electron chi connectivity index (χ3n) is 3.23. The van der Waals surface area contributed by atoms with E-state index in [-0.39, 0.29) is 31.9 Å². The van der Waals surface area contributed by atoms with Crippen LogP contribution in [0.4, 0.5) is 0 Å². The van der Waals surface area contributed by atoms with Crippen molar-refractivity contribution >= 4 is 53.2 Å². The number of halogens is 3. The van der Waals surface area contributed by atoms with Crippen LogP contribution in [0.15, 0.2) is 21.5 Å². The molecule has 0 radical (unpaired) electrons. The van der Waals surface area contributed by atoms with E-state index in [0.29, 0.717) is 5.92 Å². The van der Waals surface area contributed by atoms with Crippen LogP contribution < -0.4 is 5.32 Å². The maximum atomic E-state index is 12.1. The molecule has 0 aromatic heterocycles. The van der Waals surface area contributed by atoms with Crippen LogP contribution in [0, 0.1) is 5.92 Å². The Bertz CT molecular complexity index is 657. The number of rotatable bonds is 3. The van der Waals surface area contributed by atoms with Gasteiger partial charge in [0.05, 0.1) is 14.4 Å². The molecule has 0 heterocycles. The first-order chi connectivity index (χ1) is 9.18. The van der Waals surface area contributed by atoms with Crippen molar-refractivity contribution in [1.29, 1.82) is 0 Å². The minimum absolute atomic E-state index is 0.124. The van der Waals surface area contributed by atoms with Crippen LogP contribution in [0.25, 0.3) is 0 Å². The van der Waals surface area contributed by atoms with Crippen LogP contribution in [0.2, 0.25) is 5.02 Å². The highest BCUT2D eigenvalue weighted by Crippen LogP contribution is 2.33. The summed E-state index contributed by atoms with van der Waals surface area (Å²) in [5.74, 6) is 0.255. The van der Waals surface area contributed by atoms with Crippen LogP contribution in [0.1, 0.15) is 30.1 Å². The number of nitrogens with one attached hydrogen (secondary N) is 1. The molecule has 20 heavy (non-hydrogen) atoms. The highest BCUT2D eigenvalue weighted by atomic mass is 79.9. The summed E-state index contributed by atoms with van der Waals surface area (Å²) in [5, 5.41) is 2.96. The Balaban J connectivity index is 2.28. The molecule has 1 N–H and O–H groups in total. The Morgan fingerprint density at radius 3 is 2.50 bits per heavy atom. The van der Waals surface area contributed by atoms with Crippen LogP contribution >= 0.6 is 38.2 Å². The number of benzene rings is 1.